The maximum Gasteiger partial charge on any atom is 0.253 e. The highest BCUT2D eigenvalue weighted by atomic mass is 35.5. The normalized spacial score (nSPS) is 16.0. The van der Waals surface area contributed by atoms with Crippen LogP contribution in [0, 0.1) is 13.8 Å². The SMILES string of the molecule is Cc1nn(C)c(C)c1S(=O)(=O)N1CCN(C(=O)c2ccc(Cl)c(Cl)c2)CC1. The molecule has 1 saturated heterocycles. The first kappa shape index (κ1) is 20.1. The molecule has 7 nitrogen and oxygen atoms in total. The summed E-state index contributed by atoms with van der Waals surface area (Å²) in [6.07, 6.45) is 0. The second kappa shape index (κ2) is 7.43. The van der Waals surface area contributed by atoms with E-state index in [0.29, 0.717) is 40.1 Å². The third-order valence-corrected chi connectivity index (χ3v) is 7.62. The smallest absolute Gasteiger partial charge is 0.253 e. The summed E-state index contributed by atoms with van der Waals surface area (Å²) in [6.45, 7) is 4.47. The number of aromatic nitrogens is 2. The van der Waals surface area contributed by atoms with Gasteiger partial charge in [-0.25, -0.2) is 8.42 Å². The summed E-state index contributed by atoms with van der Waals surface area (Å²) in [5.41, 5.74) is 1.51. The second-order valence-corrected chi connectivity index (χ2v) is 9.14. The van der Waals surface area contributed by atoms with Crippen LogP contribution < -0.4 is 0 Å². The van der Waals surface area contributed by atoms with Crippen molar-refractivity contribution in [1.29, 1.82) is 0 Å². The lowest BCUT2D eigenvalue weighted by Crippen LogP contribution is -2.50. The van der Waals surface area contributed by atoms with E-state index in [0.717, 1.165) is 0 Å². The fraction of sp³-hybridized carbons (Fsp3) is 0.412. The molecule has 0 unspecified atom stereocenters. The predicted octanol–water partition coefficient (Wildman–Crippen LogP) is 2.49. The van der Waals surface area contributed by atoms with Gasteiger partial charge in [0.15, 0.2) is 0 Å². The minimum atomic E-state index is -3.66. The molecule has 1 fully saturated rings. The fourth-order valence-corrected chi connectivity index (χ4v) is 5.32. The second-order valence-electron chi connectivity index (χ2n) is 6.45. The molecule has 3 rings (SSSR count). The van der Waals surface area contributed by atoms with Crippen LogP contribution in [-0.2, 0) is 17.1 Å². The predicted molar refractivity (Wildman–Crippen MR) is 104 cm³/mol. The van der Waals surface area contributed by atoms with Crippen molar-refractivity contribution in [2.75, 3.05) is 26.2 Å². The first-order valence-electron chi connectivity index (χ1n) is 8.37. The van der Waals surface area contributed by atoms with Crippen LogP contribution in [0.3, 0.4) is 0 Å². The number of halogens is 2. The molecule has 0 saturated carbocycles. The van der Waals surface area contributed by atoms with Crippen molar-refractivity contribution in [1.82, 2.24) is 19.0 Å². The van der Waals surface area contributed by atoms with Gasteiger partial charge in [-0.2, -0.15) is 9.40 Å². The van der Waals surface area contributed by atoms with Gasteiger partial charge in [0.2, 0.25) is 10.0 Å². The molecule has 0 spiro atoms. The monoisotopic (exact) mass is 430 g/mol. The Hall–Kier alpha value is -1.61. The van der Waals surface area contributed by atoms with Gasteiger partial charge in [-0.3, -0.25) is 9.48 Å². The van der Waals surface area contributed by atoms with Crippen LogP contribution in [0.2, 0.25) is 10.0 Å². The minimum Gasteiger partial charge on any atom is -0.336 e. The zero-order chi connectivity index (χ0) is 19.9. The van der Waals surface area contributed by atoms with E-state index >= 15 is 0 Å². The maximum absolute atomic E-state index is 13.0. The van der Waals surface area contributed by atoms with Gasteiger partial charge in [-0.05, 0) is 32.0 Å². The molecule has 1 aromatic heterocycles. The molecule has 0 N–H and O–H groups in total. The third kappa shape index (κ3) is 3.71. The number of carbonyl (C=O) groups is 1. The van der Waals surface area contributed by atoms with Gasteiger partial charge in [0.1, 0.15) is 4.90 Å². The van der Waals surface area contributed by atoms with E-state index in [4.69, 9.17) is 23.2 Å². The maximum atomic E-state index is 13.0. The number of piperazine rings is 1. The number of benzene rings is 1. The van der Waals surface area contributed by atoms with Gasteiger partial charge in [0.05, 0.1) is 21.4 Å². The van der Waals surface area contributed by atoms with Crippen molar-refractivity contribution in [3.63, 3.8) is 0 Å². The molecule has 0 atom stereocenters. The summed E-state index contributed by atoms with van der Waals surface area (Å²) < 4.78 is 29.0. The Bertz CT molecular complexity index is 996. The molecule has 0 aliphatic carbocycles. The van der Waals surface area contributed by atoms with E-state index in [2.05, 4.69) is 5.10 Å². The summed E-state index contributed by atoms with van der Waals surface area (Å²) in [4.78, 5) is 14.5. The summed E-state index contributed by atoms with van der Waals surface area (Å²) >= 11 is 11.9. The van der Waals surface area contributed by atoms with Crippen LogP contribution in [0.25, 0.3) is 0 Å². The Kier molecular flexibility index (Phi) is 5.54. The quantitative estimate of drug-likeness (QED) is 0.749. The Morgan fingerprint density at radius 1 is 1.07 bits per heavy atom. The number of rotatable bonds is 3. The van der Waals surface area contributed by atoms with Crippen LogP contribution in [-0.4, -0.2) is 59.5 Å². The molecule has 1 aliphatic heterocycles. The van der Waals surface area contributed by atoms with E-state index in [1.54, 1.807) is 42.6 Å². The van der Waals surface area contributed by atoms with E-state index < -0.39 is 10.0 Å². The van der Waals surface area contributed by atoms with E-state index in [-0.39, 0.29) is 23.9 Å². The molecular weight excluding hydrogens is 411 g/mol. The highest BCUT2D eigenvalue weighted by Gasteiger charge is 2.34. The molecule has 0 radical (unpaired) electrons. The lowest BCUT2D eigenvalue weighted by Gasteiger charge is -2.34. The van der Waals surface area contributed by atoms with Crippen LogP contribution in [0.5, 0.6) is 0 Å². The van der Waals surface area contributed by atoms with Crippen molar-refractivity contribution in [3.8, 4) is 0 Å². The van der Waals surface area contributed by atoms with Crippen molar-refractivity contribution in [2.45, 2.75) is 18.7 Å². The van der Waals surface area contributed by atoms with Crippen LogP contribution in [0.4, 0.5) is 0 Å². The highest BCUT2D eigenvalue weighted by Crippen LogP contribution is 2.26. The fourth-order valence-electron chi connectivity index (χ4n) is 3.20. The van der Waals surface area contributed by atoms with Crippen molar-refractivity contribution in [3.05, 3.63) is 45.2 Å². The Morgan fingerprint density at radius 2 is 1.70 bits per heavy atom. The van der Waals surface area contributed by atoms with Crippen molar-refractivity contribution >= 4 is 39.1 Å². The molecule has 1 amide bonds. The number of amides is 1. The molecule has 0 bridgehead atoms. The Labute approximate surface area is 168 Å². The number of hydrogen-bond donors (Lipinski definition) is 0. The summed E-state index contributed by atoms with van der Waals surface area (Å²) in [5.74, 6) is -0.195. The van der Waals surface area contributed by atoms with E-state index in [9.17, 15) is 13.2 Å². The molecule has 2 aromatic rings. The summed E-state index contributed by atoms with van der Waals surface area (Å²) in [5, 5.41) is 4.89. The summed E-state index contributed by atoms with van der Waals surface area (Å²) in [6, 6.07) is 4.71. The molecule has 1 aliphatic rings. The topological polar surface area (TPSA) is 75.5 Å². The third-order valence-electron chi connectivity index (χ3n) is 4.73. The Morgan fingerprint density at radius 3 is 2.22 bits per heavy atom. The molecule has 146 valence electrons. The van der Waals surface area contributed by atoms with Crippen LogP contribution >= 0.6 is 23.2 Å². The zero-order valence-electron chi connectivity index (χ0n) is 15.2. The lowest BCUT2D eigenvalue weighted by atomic mass is 10.2. The molecular formula is C17H20Cl2N4O3S. The number of aryl methyl sites for hydroxylation is 2. The zero-order valence-corrected chi connectivity index (χ0v) is 17.6. The number of nitrogens with zero attached hydrogens (tertiary/aromatic N) is 4. The summed E-state index contributed by atoms with van der Waals surface area (Å²) in [7, 11) is -1.94. The van der Waals surface area contributed by atoms with Gasteiger partial charge < -0.3 is 4.90 Å². The molecule has 1 aromatic carbocycles. The molecule has 10 heteroatoms. The lowest BCUT2D eigenvalue weighted by molar-refractivity contribution is 0.0698. The van der Waals surface area contributed by atoms with Gasteiger partial charge in [-0.15, -0.1) is 0 Å². The Balaban J connectivity index is 1.75. The van der Waals surface area contributed by atoms with Gasteiger partial charge >= 0.3 is 0 Å². The number of hydrogen-bond acceptors (Lipinski definition) is 4. The van der Waals surface area contributed by atoms with Crippen molar-refractivity contribution < 1.29 is 13.2 Å². The molecule has 2 heterocycles. The average molecular weight is 431 g/mol. The standard InChI is InChI=1S/C17H20Cl2N4O3S/c1-11-16(12(2)21(3)20-11)27(25,26)23-8-6-22(7-9-23)17(24)13-4-5-14(18)15(19)10-13/h4-5,10H,6-9H2,1-3H3. The molecule has 27 heavy (non-hydrogen) atoms. The highest BCUT2D eigenvalue weighted by molar-refractivity contribution is 7.89. The van der Waals surface area contributed by atoms with Crippen LogP contribution in [0.1, 0.15) is 21.7 Å². The van der Waals surface area contributed by atoms with Crippen molar-refractivity contribution in [2.24, 2.45) is 7.05 Å². The largest absolute Gasteiger partial charge is 0.336 e. The average Bonchev–Trinajstić information content (AvgIpc) is 2.89. The first-order chi connectivity index (χ1) is 12.6. The van der Waals surface area contributed by atoms with Gasteiger partial charge in [0, 0.05) is 38.8 Å². The van der Waals surface area contributed by atoms with Crippen LogP contribution in [0.15, 0.2) is 23.1 Å². The number of sulfonamides is 1. The minimum absolute atomic E-state index is 0.195. The van der Waals surface area contributed by atoms with E-state index in [1.165, 1.54) is 10.4 Å². The number of carbonyl (C=O) groups excluding carboxylic acids is 1. The van der Waals surface area contributed by atoms with Gasteiger partial charge in [-0.1, -0.05) is 23.2 Å². The van der Waals surface area contributed by atoms with E-state index in [1.807, 2.05) is 0 Å². The van der Waals surface area contributed by atoms with Gasteiger partial charge in [0.25, 0.3) is 5.91 Å². The first-order valence-corrected chi connectivity index (χ1v) is 10.6.